The second-order valence-electron chi connectivity index (χ2n) is 4.78. The summed E-state index contributed by atoms with van der Waals surface area (Å²) in [5, 5.41) is 4.47. The summed E-state index contributed by atoms with van der Waals surface area (Å²) in [6.45, 7) is 2.17. The molecule has 17 heavy (non-hydrogen) atoms. The molecule has 1 saturated heterocycles. The van der Waals surface area contributed by atoms with E-state index in [0.29, 0.717) is 11.4 Å². The van der Waals surface area contributed by atoms with Gasteiger partial charge < -0.3 is 10.3 Å². The second-order valence-corrected chi connectivity index (χ2v) is 4.78. The molecule has 1 aromatic carbocycles. The van der Waals surface area contributed by atoms with E-state index in [1.807, 2.05) is 12.3 Å². The third kappa shape index (κ3) is 1.95. The number of aromatic nitrogens is 1. The van der Waals surface area contributed by atoms with Gasteiger partial charge in [-0.25, -0.2) is 4.39 Å². The largest absolute Gasteiger partial charge is 0.359 e. The average Bonchev–Trinajstić information content (AvgIpc) is 2.59. The van der Waals surface area contributed by atoms with Crippen molar-refractivity contribution in [1.82, 2.24) is 10.3 Å². The highest BCUT2D eigenvalue weighted by molar-refractivity contribution is 5.84. The SMILES string of the molecule is Fc1cccc2c(C3CCCNCC3)c[nH]c12. The Bertz CT molecular complexity index is 510. The maximum atomic E-state index is 13.6. The van der Waals surface area contributed by atoms with Gasteiger partial charge in [0.1, 0.15) is 5.82 Å². The van der Waals surface area contributed by atoms with Crippen molar-refractivity contribution in [3.63, 3.8) is 0 Å². The Morgan fingerprint density at radius 2 is 2.12 bits per heavy atom. The molecule has 1 aliphatic rings. The predicted molar refractivity (Wildman–Crippen MR) is 67.7 cm³/mol. The van der Waals surface area contributed by atoms with E-state index in [1.165, 1.54) is 24.5 Å². The molecule has 3 rings (SSSR count). The number of hydrogen-bond donors (Lipinski definition) is 2. The van der Waals surface area contributed by atoms with Crippen LogP contribution in [-0.4, -0.2) is 18.1 Å². The van der Waals surface area contributed by atoms with Gasteiger partial charge in [-0.1, -0.05) is 12.1 Å². The average molecular weight is 232 g/mol. The van der Waals surface area contributed by atoms with Gasteiger partial charge in [-0.15, -0.1) is 0 Å². The Morgan fingerprint density at radius 3 is 3.06 bits per heavy atom. The number of rotatable bonds is 1. The molecule has 3 heteroatoms. The molecule has 1 aromatic heterocycles. The van der Waals surface area contributed by atoms with E-state index >= 15 is 0 Å². The smallest absolute Gasteiger partial charge is 0.147 e. The summed E-state index contributed by atoms with van der Waals surface area (Å²) in [4.78, 5) is 3.08. The van der Waals surface area contributed by atoms with Crippen LogP contribution < -0.4 is 5.32 Å². The Kier molecular flexibility index (Phi) is 2.85. The van der Waals surface area contributed by atoms with Gasteiger partial charge in [0.05, 0.1) is 5.52 Å². The van der Waals surface area contributed by atoms with Crippen LogP contribution in [0.4, 0.5) is 4.39 Å². The molecular formula is C14H17FN2. The summed E-state index contributed by atoms with van der Waals surface area (Å²) >= 11 is 0. The minimum atomic E-state index is -0.152. The fourth-order valence-corrected chi connectivity index (χ4v) is 2.81. The molecule has 1 aliphatic heterocycles. The molecule has 1 fully saturated rings. The van der Waals surface area contributed by atoms with Crippen molar-refractivity contribution >= 4 is 10.9 Å². The molecule has 0 aliphatic carbocycles. The van der Waals surface area contributed by atoms with Crippen LogP contribution in [0, 0.1) is 5.82 Å². The van der Waals surface area contributed by atoms with Crippen molar-refractivity contribution in [2.75, 3.05) is 13.1 Å². The number of halogens is 1. The van der Waals surface area contributed by atoms with Crippen molar-refractivity contribution in [3.05, 3.63) is 35.8 Å². The summed E-state index contributed by atoms with van der Waals surface area (Å²) in [7, 11) is 0. The van der Waals surface area contributed by atoms with Crippen molar-refractivity contribution < 1.29 is 4.39 Å². The van der Waals surface area contributed by atoms with E-state index in [-0.39, 0.29) is 5.82 Å². The van der Waals surface area contributed by atoms with Gasteiger partial charge in [0.2, 0.25) is 0 Å². The highest BCUT2D eigenvalue weighted by Gasteiger charge is 2.18. The highest BCUT2D eigenvalue weighted by Crippen LogP contribution is 2.32. The highest BCUT2D eigenvalue weighted by atomic mass is 19.1. The molecule has 0 bridgehead atoms. The van der Waals surface area contributed by atoms with Gasteiger partial charge in [0.25, 0.3) is 0 Å². The third-order valence-electron chi connectivity index (χ3n) is 3.71. The number of H-pyrrole nitrogens is 1. The molecule has 2 N–H and O–H groups in total. The van der Waals surface area contributed by atoms with Gasteiger partial charge in [-0.05, 0) is 49.9 Å². The van der Waals surface area contributed by atoms with Crippen molar-refractivity contribution in [1.29, 1.82) is 0 Å². The summed E-state index contributed by atoms with van der Waals surface area (Å²) in [6.07, 6.45) is 5.52. The van der Waals surface area contributed by atoms with Gasteiger partial charge in [0, 0.05) is 11.6 Å². The minimum Gasteiger partial charge on any atom is -0.359 e. The van der Waals surface area contributed by atoms with Crippen molar-refractivity contribution in [2.24, 2.45) is 0 Å². The number of nitrogens with one attached hydrogen (secondary N) is 2. The van der Waals surface area contributed by atoms with Crippen LogP contribution >= 0.6 is 0 Å². The van der Waals surface area contributed by atoms with Crippen molar-refractivity contribution in [2.45, 2.75) is 25.2 Å². The number of para-hydroxylation sites is 1. The zero-order valence-electron chi connectivity index (χ0n) is 9.80. The quantitative estimate of drug-likeness (QED) is 0.776. The zero-order chi connectivity index (χ0) is 11.7. The molecule has 0 radical (unpaired) electrons. The first-order valence-electron chi connectivity index (χ1n) is 6.32. The molecule has 0 spiro atoms. The lowest BCUT2D eigenvalue weighted by molar-refractivity contribution is 0.613. The summed E-state index contributed by atoms with van der Waals surface area (Å²) < 4.78 is 13.6. The molecule has 2 nitrogen and oxygen atoms in total. The van der Waals surface area contributed by atoms with Crippen LogP contribution in [0.2, 0.25) is 0 Å². The summed E-state index contributed by atoms with van der Waals surface area (Å²) in [5.41, 5.74) is 1.93. The topological polar surface area (TPSA) is 27.8 Å². The van der Waals surface area contributed by atoms with Crippen LogP contribution in [0.1, 0.15) is 30.7 Å². The number of benzene rings is 1. The summed E-state index contributed by atoms with van der Waals surface area (Å²) in [5.74, 6) is 0.404. The Hall–Kier alpha value is -1.35. The van der Waals surface area contributed by atoms with Crippen molar-refractivity contribution in [3.8, 4) is 0 Å². The molecule has 0 saturated carbocycles. The van der Waals surface area contributed by atoms with Gasteiger partial charge >= 0.3 is 0 Å². The van der Waals surface area contributed by atoms with Gasteiger partial charge in [-0.3, -0.25) is 0 Å². The Labute approximate surface area is 100 Å². The van der Waals surface area contributed by atoms with Gasteiger partial charge in [-0.2, -0.15) is 0 Å². The zero-order valence-corrected chi connectivity index (χ0v) is 9.80. The van der Waals surface area contributed by atoms with Crippen LogP contribution in [0.3, 0.4) is 0 Å². The fraction of sp³-hybridized carbons (Fsp3) is 0.429. The molecule has 2 aromatic rings. The lowest BCUT2D eigenvalue weighted by Gasteiger charge is -2.12. The molecule has 2 heterocycles. The standard InChI is InChI=1S/C14H17FN2/c15-13-5-1-4-11-12(9-17-14(11)13)10-3-2-7-16-8-6-10/h1,4-5,9-10,16-17H,2-3,6-8H2. The first-order valence-corrected chi connectivity index (χ1v) is 6.32. The molecule has 0 amide bonds. The maximum Gasteiger partial charge on any atom is 0.147 e. The predicted octanol–water partition coefficient (Wildman–Crippen LogP) is 3.16. The molecule has 1 atom stereocenters. The summed E-state index contributed by atoms with van der Waals surface area (Å²) in [6, 6.07) is 5.32. The fourth-order valence-electron chi connectivity index (χ4n) is 2.81. The monoisotopic (exact) mass is 232 g/mol. The second kappa shape index (κ2) is 4.49. The van der Waals surface area contributed by atoms with E-state index in [4.69, 9.17) is 0 Å². The molecule has 90 valence electrons. The van der Waals surface area contributed by atoms with Crippen LogP contribution in [0.25, 0.3) is 10.9 Å². The normalized spacial score (nSPS) is 21.6. The Balaban J connectivity index is 2.02. The van der Waals surface area contributed by atoms with Gasteiger partial charge in [0.15, 0.2) is 0 Å². The van der Waals surface area contributed by atoms with E-state index in [2.05, 4.69) is 10.3 Å². The lowest BCUT2D eigenvalue weighted by Crippen LogP contribution is -2.13. The van der Waals surface area contributed by atoms with E-state index in [0.717, 1.165) is 24.9 Å². The Morgan fingerprint density at radius 1 is 1.18 bits per heavy atom. The van der Waals surface area contributed by atoms with E-state index in [1.54, 1.807) is 6.07 Å². The molecule has 1 unspecified atom stereocenters. The van der Waals surface area contributed by atoms with Crippen LogP contribution in [0.15, 0.2) is 24.4 Å². The first kappa shape index (κ1) is 10.8. The molecular weight excluding hydrogens is 215 g/mol. The number of hydrogen-bond acceptors (Lipinski definition) is 1. The first-order chi connectivity index (χ1) is 8.36. The van der Waals surface area contributed by atoms with E-state index in [9.17, 15) is 4.39 Å². The van der Waals surface area contributed by atoms with E-state index < -0.39 is 0 Å². The lowest BCUT2D eigenvalue weighted by atomic mass is 9.92. The number of fused-ring (bicyclic) bond motifs is 1. The minimum absolute atomic E-state index is 0.152. The van der Waals surface area contributed by atoms with Crippen LogP contribution in [0.5, 0.6) is 0 Å². The third-order valence-corrected chi connectivity index (χ3v) is 3.71. The maximum absolute atomic E-state index is 13.6. The number of aromatic amines is 1. The van der Waals surface area contributed by atoms with Crippen LogP contribution in [-0.2, 0) is 0 Å².